The Bertz CT molecular complexity index is 692. The van der Waals surface area contributed by atoms with Crippen LogP contribution in [0.3, 0.4) is 0 Å². The van der Waals surface area contributed by atoms with Gasteiger partial charge in [0.15, 0.2) is 0 Å². The van der Waals surface area contributed by atoms with Crippen LogP contribution in [0, 0.1) is 6.92 Å². The molecule has 0 fully saturated rings. The van der Waals surface area contributed by atoms with Gasteiger partial charge in [0.1, 0.15) is 5.82 Å². The molecule has 4 nitrogen and oxygen atoms in total. The third kappa shape index (κ3) is 3.83. The number of benzene rings is 2. The van der Waals surface area contributed by atoms with Gasteiger partial charge in [0, 0.05) is 22.0 Å². The van der Waals surface area contributed by atoms with Gasteiger partial charge < -0.3 is 10.6 Å². The van der Waals surface area contributed by atoms with Crippen molar-refractivity contribution in [1.82, 2.24) is 9.97 Å². The second-order valence-corrected chi connectivity index (χ2v) is 5.80. The maximum atomic E-state index is 4.46. The van der Waals surface area contributed by atoms with Gasteiger partial charge in [-0.15, -0.1) is 0 Å². The molecule has 110 valence electrons. The molecule has 0 bridgehead atoms. The SMILES string of the molecule is Cc1ccc(Nc2nccc(Nc3ccc(Br)cc3)n2)cc1. The number of nitrogens with zero attached hydrogens (tertiary/aromatic N) is 2. The summed E-state index contributed by atoms with van der Waals surface area (Å²) < 4.78 is 1.04. The van der Waals surface area contributed by atoms with Crippen molar-refractivity contribution in [2.24, 2.45) is 0 Å². The zero-order chi connectivity index (χ0) is 15.4. The Morgan fingerprint density at radius 3 is 2.18 bits per heavy atom. The number of hydrogen-bond donors (Lipinski definition) is 2. The molecule has 22 heavy (non-hydrogen) atoms. The zero-order valence-corrected chi connectivity index (χ0v) is 13.6. The monoisotopic (exact) mass is 354 g/mol. The van der Waals surface area contributed by atoms with Gasteiger partial charge in [-0.2, -0.15) is 4.98 Å². The van der Waals surface area contributed by atoms with Crippen LogP contribution in [0.2, 0.25) is 0 Å². The summed E-state index contributed by atoms with van der Waals surface area (Å²) in [7, 11) is 0. The van der Waals surface area contributed by atoms with E-state index >= 15 is 0 Å². The summed E-state index contributed by atoms with van der Waals surface area (Å²) in [6.45, 7) is 2.06. The van der Waals surface area contributed by atoms with Crippen molar-refractivity contribution in [2.75, 3.05) is 10.6 Å². The first kappa shape index (κ1) is 14.5. The fourth-order valence-electron chi connectivity index (χ4n) is 1.94. The molecular weight excluding hydrogens is 340 g/mol. The maximum absolute atomic E-state index is 4.46. The van der Waals surface area contributed by atoms with Gasteiger partial charge >= 0.3 is 0 Å². The van der Waals surface area contributed by atoms with Crippen molar-refractivity contribution in [3.63, 3.8) is 0 Å². The lowest BCUT2D eigenvalue weighted by molar-refractivity contribution is 1.16. The normalized spacial score (nSPS) is 10.3. The highest BCUT2D eigenvalue weighted by molar-refractivity contribution is 9.10. The average molecular weight is 355 g/mol. The molecule has 0 saturated carbocycles. The van der Waals surface area contributed by atoms with Crippen molar-refractivity contribution >= 4 is 39.1 Å². The highest BCUT2D eigenvalue weighted by atomic mass is 79.9. The third-order valence-electron chi connectivity index (χ3n) is 3.08. The quantitative estimate of drug-likeness (QED) is 0.689. The minimum atomic E-state index is 0.561. The lowest BCUT2D eigenvalue weighted by Crippen LogP contribution is -2.00. The van der Waals surface area contributed by atoms with Gasteiger partial charge in [-0.3, -0.25) is 0 Å². The molecular formula is C17H15BrN4. The van der Waals surface area contributed by atoms with Crippen LogP contribution in [0.1, 0.15) is 5.56 Å². The molecule has 3 aromatic rings. The Morgan fingerprint density at radius 2 is 1.45 bits per heavy atom. The van der Waals surface area contributed by atoms with Crippen molar-refractivity contribution in [2.45, 2.75) is 6.92 Å². The highest BCUT2D eigenvalue weighted by Crippen LogP contribution is 2.19. The number of hydrogen-bond acceptors (Lipinski definition) is 4. The van der Waals surface area contributed by atoms with Gasteiger partial charge in [-0.05, 0) is 49.4 Å². The Kier molecular flexibility index (Phi) is 4.34. The van der Waals surface area contributed by atoms with E-state index in [0.29, 0.717) is 5.95 Å². The van der Waals surface area contributed by atoms with E-state index in [1.165, 1.54) is 5.56 Å². The van der Waals surface area contributed by atoms with E-state index in [4.69, 9.17) is 0 Å². The number of rotatable bonds is 4. The van der Waals surface area contributed by atoms with E-state index in [9.17, 15) is 0 Å². The van der Waals surface area contributed by atoms with Crippen molar-refractivity contribution in [3.8, 4) is 0 Å². The second-order valence-electron chi connectivity index (χ2n) is 4.89. The lowest BCUT2D eigenvalue weighted by atomic mass is 10.2. The third-order valence-corrected chi connectivity index (χ3v) is 3.61. The van der Waals surface area contributed by atoms with E-state index < -0.39 is 0 Å². The summed E-state index contributed by atoms with van der Waals surface area (Å²) >= 11 is 3.42. The first-order valence-corrected chi connectivity index (χ1v) is 7.68. The second kappa shape index (κ2) is 6.58. The minimum absolute atomic E-state index is 0.561. The molecule has 0 aliphatic rings. The number of aromatic nitrogens is 2. The zero-order valence-electron chi connectivity index (χ0n) is 12.0. The molecule has 0 amide bonds. The van der Waals surface area contributed by atoms with Crippen LogP contribution in [0.4, 0.5) is 23.1 Å². The Hall–Kier alpha value is -2.40. The van der Waals surface area contributed by atoms with Crippen molar-refractivity contribution in [1.29, 1.82) is 0 Å². The fraction of sp³-hybridized carbons (Fsp3) is 0.0588. The molecule has 5 heteroatoms. The number of anilines is 4. The van der Waals surface area contributed by atoms with E-state index in [0.717, 1.165) is 21.7 Å². The van der Waals surface area contributed by atoms with Gasteiger partial charge in [-0.1, -0.05) is 33.6 Å². The standard InChI is InChI=1S/C17H15BrN4/c1-12-2-6-15(7-3-12)21-17-19-11-10-16(22-17)20-14-8-4-13(18)5-9-14/h2-11H,1H3,(H2,19,20,21,22). The Balaban J connectivity index is 1.74. The molecule has 2 N–H and O–H groups in total. The van der Waals surface area contributed by atoms with Crippen LogP contribution < -0.4 is 10.6 Å². The maximum Gasteiger partial charge on any atom is 0.229 e. The predicted octanol–water partition coefficient (Wildman–Crippen LogP) is 5.03. The van der Waals surface area contributed by atoms with Gasteiger partial charge in [0.05, 0.1) is 0 Å². The van der Waals surface area contributed by atoms with E-state index in [-0.39, 0.29) is 0 Å². The lowest BCUT2D eigenvalue weighted by Gasteiger charge is -2.08. The van der Waals surface area contributed by atoms with Crippen molar-refractivity contribution < 1.29 is 0 Å². The molecule has 0 unspecified atom stereocenters. The van der Waals surface area contributed by atoms with E-state index in [1.54, 1.807) is 6.20 Å². The van der Waals surface area contributed by atoms with Crippen molar-refractivity contribution in [3.05, 3.63) is 70.8 Å². The topological polar surface area (TPSA) is 49.8 Å². The van der Waals surface area contributed by atoms with E-state index in [2.05, 4.69) is 43.5 Å². The van der Waals surface area contributed by atoms with Crippen LogP contribution in [0.25, 0.3) is 0 Å². The first-order valence-electron chi connectivity index (χ1n) is 6.88. The molecule has 0 spiro atoms. The van der Waals surface area contributed by atoms with Gasteiger partial charge in [0.25, 0.3) is 0 Å². The van der Waals surface area contributed by atoms with Crippen LogP contribution in [-0.2, 0) is 0 Å². The van der Waals surface area contributed by atoms with Crippen LogP contribution in [0.15, 0.2) is 65.3 Å². The van der Waals surface area contributed by atoms with Crippen LogP contribution >= 0.6 is 15.9 Å². The molecule has 1 heterocycles. The molecule has 1 aromatic heterocycles. The summed E-state index contributed by atoms with van der Waals surface area (Å²) in [5.41, 5.74) is 3.16. The summed E-state index contributed by atoms with van der Waals surface area (Å²) in [6, 6.07) is 17.9. The molecule has 0 radical (unpaired) electrons. The van der Waals surface area contributed by atoms with Gasteiger partial charge in [-0.25, -0.2) is 4.98 Å². The smallest absolute Gasteiger partial charge is 0.229 e. The molecule has 0 atom stereocenters. The fourth-order valence-corrected chi connectivity index (χ4v) is 2.20. The summed E-state index contributed by atoms with van der Waals surface area (Å²) in [4.78, 5) is 8.71. The Labute approximate surface area is 137 Å². The number of nitrogens with one attached hydrogen (secondary N) is 2. The Morgan fingerprint density at radius 1 is 0.818 bits per heavy atom. The largest absolute Gasteiger partial charge is 0.340 e. The molecule has 3 rings (SSSR count). The summed E-state index contributed by atoms with van der Waals surface area (Å²) in [5.74, 6) is 1.30. The number of halogens is 1. The molecule has 0 saturated heterocycles. The summed E-state index contributed by atoms with van der Waals surface area (Å²) in [6.07, 6.45) is 1.73. The number of aryl methyl sites for hydroxylation is 1. The molecule has 0 aliphatic carbocycles. The minimum Gasteiger partial charge on any atom is -0.340 e. The molecule has 2 aromatic carbocycles. The molecule has 0 aliphatic heterocycles. The van der Waals surface area contributed by atoms with Gasteiger partial charge in [0.2, 0.25) is 5.95 Å². The van der Waals surface area contributed by atoms with E-state index in [1.807, 2.05) is 54.6 Å². The average Bonchev–Trinajstić information content (AvgIpc) is 2.52. The first-order chi connectivity index (χ1) is 10.7. The summed E-state index contributed by atoms with van der Waals surface area (Å²) in [5, 5.41) is 6.45. The van der Waals surface area contributed by atoms with Crippen LogP contribution in [-0.4, -0.2) is 9.97 Å². The highest BCUT2D eigenvalue weighted by Gasteiger charge is 2.01. The predicted molar refractivity (Wildman–Crippen MR) is 93.9 cm³/mol. The van der Waals surface area contributed by atoms with Crippen LogP contribution in [0.5, 0.6) is 0 Å².